The summed E-state index contributed by atoms with van der Waals surface area (Å²) >= 11 is 0. The molecule has 0 aromatic carbocycles. The molecule has 6 heteroatoms. The van der Waals surface area contributed by atoms with Gasteiger partial charge in [0, 0.05) is 13.7 Å². The van der Waals surface area contributed by atoms with Crippen molar-refractivity contribution in [3.05, 3.63) is 18.1 Å². The Morgan fingerprint density at radius 1 is 1.42 bits per heavy atom. The van der Waals surface area contributed by atoms with Crippen molar-refractivity contribution >= 4 is 11.7 Å². The average molecular weight is 266 g/mol. The van der Waals surface area contributed by atoms with Crippen molar-refractivity contribution in [1.82, 2.24) is 15.3 Å². The predicted octanol–water partition coefficient (Wildman–Crippen LogP) is 1.31. The van der Waals surface area contributed by atoms with Gasteiger partial charge in [0.25, 0.3) is 5.91 Å². The fraction of sp³-hybridized carbons (Fsp3) is 0.615. The zero-order valence-corrected chi connectivity index (χ0v) is 11.9. The number of nitrogens with zero attached hydrogens (tertiary/aromatic N) is 2. The number of hydrogen-bond acceptors (Lipinski definition) is 5. The molecule has 1 amide bonds. The monoisotopic (exact) mass is 266 g/mol. The zero-order chi connectivity index (χ0) is 14.3. The lowest BCUT2D eigenvalue weighted by Crippen LogP contribution is -2.42. The fourth-order valence-corrected chi connectivity index (χ4v) is 1.56. The normalized spacial score (nSPS) is 12.3. The minimum atomic E-state index is -0.233. The van der Waals surface area contributed by atoms with E-state index in [4.69, 9.17) is 4.74 Å². The highest BCUT2D eigenvalue weighted by atomic mass is 16.5. The smallest absolute Gasteiger partial charge is 0.271 e. The third-order valence-corrected chi connectivity index (χ3v) is 2.69. The number of carbonyl (C=O) groups excluding carboxylic acids is 1. The molecule has 19 heavy (non-hydrogen) atoms. The SMILES string of the molecule is CCNc1cncc(C(=O)NC(COC)C(C)C)n1. The minimum absolute atomic E-state index is 0.0397. The maximum absolute atomic E-state index is 12.1. The Hall–Kier alpha value is -1.69. The Morgan fingerprint density at radius 2 is 2.16 bits per heavy atom. The van der Waals surface area contributed by atoms with Gasteiger partial charge in [-0.1, -0.05) is 13.8 Å². The van der Waals surface area contributed by atoms with Gasteiger partial charge in [0.05, 0.1) is 25.0 Å². The van der Waals surface area contributed by atoms with Gasteiger partial charge in [0.15, 0.2) is 0 Å². The summed E-state index contributed by atoms with van der Waals surface area (Å²) in [5.41, 5.74) is 0.306. The van der Waals surface area contributed by atoms with Gasteiger partial charge in [-0.25, -0.2) is 4.98 Å². The summed E-state index contributed by atoms with van der Waals surface area (Å²) in [6.45, 7) is 7.24. The zero-order valence-electron chi connectivity index (χ0n) is 11.9. The number of rotatable bonds is 7. The first kappa shape index (κ1) is 15.4. The number of ether oxygens (including phenoxy) is 1. The van der Waals surface area contributed by atoms with Crippen LogP contribution < -0.4 is 10.6 Å². The number of nitrogens with one attached hydrogen (secondary N) is 2. The average Bonchev–Trinajstić information content (AvgIpc) is 2.38. The highest BCUT2D eigenvalue weighted by Gasteiger charge is 2.18. The van der Waals surface area contributed by atoms with Crippen LogP contribution in [0.3, 0.4) is 0 Å². The lowest BCUT2D eigenvalue weighted by Gasteiger charge is -2.21. The molecular weight excluding hydrogens is 244 g/mol. The van der Waals surface area contributed by atoms with E-state index >= 15 is 0 Å². The predicted molar refractivity (Wildman–Crippen MR) is 74.2 cm³/mol. The van der Waals surface area contributed by atoms with Gasteiger partial charge >= 0.3 is 0 Å². The summed E-state index contributed by atoms with van der Waals surface area (Å²) in [7, 11) is 1.62. The summed E-state index contributed by atoms with van der Waals surface area (Å²) in [5, 5.41) is 5.93. The second-order valence-electron chi connectivity index (χ2n) is 4.60. The number of aromatic nitrogens is 2. The van der Waals surface area contributed by atoms with Crippen molar-refractivity contribution in [3.8, 4) is 0 Å². The molecule has 6 nitrogen and oxygen atoms in total. The van der Waals surface area contributed by atoms with E-state index in [-0.39, 0.29) is 17.9 Å². The molecular formula is C13H22N4O2. The molecule has 1 atom stereocenters. The fourth-order valence-electron chi connectivity index (χ4n) is 1.56. The van der Waals surface area contributed by atoms with Crippen LogP contribution in [0.1, 0.15) is 31.3 Å². The molecule has 2 N–H and O–H groups in total. The van der Waals surface area contributed by atoms with Gasteiger partial charge < -0.3 is 15.4 Å². The van der Waals surface area contributed by atoms with E-state index in [0.717, 1.165) is 6.54 Å². The largest absolute Gasteiger partial charge is 0.383 e. The maximum atomic E-state index is 12.1. The van der Waals surface area contributed by atoms with E-state index in [1.54, 1.807) is 13.3 Å². The topological polar surface area (TPSA) is 76.1 Å². The lowest BCUT2D eigenvalue weighted by atomic mass is 10.1. The third-order valence-electron chi connectivity index (χ3n) is 2.69. The molecule has 1 aromatic rings. The Balaban J connectivity index is 2.73. The molecule has 0 fully saturated rings. The van der Waals surface area contributed by atoms with Gasteiger partial charge in [0.2, 0.25) is 0 Å². The molecule has 106 valence electrons. The summed E-state index contributed by atoms with van der Waals surface area (Å²) in [5.74, 6) is 0.653. The van der Waals surface area contributed by atoms with Crippen LogP contribution in [0, 0.1) is 5.92 Å². The number of amides is 1. The minimum Gasteiger partial charge on any atom is -0.383 e. The van der Waals surface area contributed by atoms with Crippen LogP contribution in [-0.4, -0.2) is 42.2 Å². The highest BCUT2D eigenvalue weighted by Crippen LogP contribution is 2.05. The Morgan fingerprint density at radius 3 is 2.74 bits per heavy atom. The first-order chi connectivity index (χ1) is 9.08. The van der Waals surface area contributed by atoms with Gasteiger partial charge in [-0.15, -0.1) is 0 Å². The Labute approximate surface area is 114 Å². The summed E-state index contributed by atoms with van der Waals surface area (Å²) in [4.78, 5) is 20.3. The Kier molecular flexibility index (Phi) is 6.21. The molecule has 0 bridgehead atoms. The molecule has 0 aliphatic carbocycles. The quantitative estimate of drug-likeness (QED) is 0.778. The van der Waals surface area contributed by atoms with E-state index in [1.165, 1.54) is 6.20 Å². The Bertz CT molecular complexity index is 409. The summed E-state index contributed by atoms with van der Waals surface area (Å²) < 4.78 is 5.10. The molecule has 0 radical (unpaired) electrons. The van der Waals surface area contributed by atoms with Crippen LogP contribution in [-0.2, 0) is 4.74 Å². The molecule has 0 saturated heterocycles. The molecule has 0 aliphatic rings. The first-order valence-electron chi connectivity index (χ1n) is 6.44. The van der Waals surface area contributed by atoms with E-state index in [2.05, 4.69) is 20.6 Å². The lowest BCUT2D eigenvalue weighted by molar-refractivity contribution is 0.0861. The van der Waals surface area contributed by atoms with E-state index < -0.39 is 0 Å². The van der Waals surface area contributed by atoms with Gasteiger partial charge in [-0.3, -0.25) is 9.78 Å². The first-order valence-corrected chi connectivity index (χ1v) is 6.44. The van der Waals surface area contributed by atoms with Crippen LogP contribution in [0.4, 0.5) is 5.82 Å². The second kappa shape index (κ2) is 7.68. The van der Waals surface area contributed by atoms with Gasteiger partial charge in [-0.05, 0) is 12.8 Å². The number of anilines is 1. The van der Waals surface area contributed by atoms with Crippen molar-refractivity contribution in [2.45, 2.75) is 26.8 Å². The van der Waals surface area contributed by atoms with Gasteiger partial charge in [0.1, 0.15) is 11.5 Å². The van der Waals surface area contributed by atoms with Crippen molar-refractivity contribution < 1.29 is 9.53 Å². The number of carbonyl (C=O) groups is 1. The van der Waals surface area contributed by atoms with E-state index in [9.17, 15) is 4.79 Å². The molecule has 0 aliphatic heterocycles. The summed E-state index contributed by atoms with van der Waals surface area (Å²) in [6.07, 6.45) is 3.05. The van der Waals surface area contributed by atoms with Crippen molar-refractivity contribution in [2.75, 3.05) is 25.6 Å². The van der Waals surface area contributed by atoms with Crippen molar-refractivity contribution in [2.24, 2.45) is 5.92 Å². The molecule has 0 saturated carbocycles. The van der Waals surface area contributed by atoms with Crippen LogP contribution >= 0.6 is 0 Å². The van der Waals surface area contributed by atoms with E-state index in [1.807, 2.05) is 20.8 Å². The van der Waals surface area contributed by atoms with Crippen molar-refractivity contribution in [1.29, 1.82) is 0 Å². The second-order valence-corrected chi connectivity index (χ2v) is 4.60. The molecule has 1 unspecified atom stereocenters. The van der Waals surface area contributed by atoms with Crippen LogP contribution in [0.2, 0.25) is 0 Å². The van der Waals surface area contributed by atoms with Crippen LogP contribution in [0.15, 0.2) is 12.4 Å². The molecule has 1 aromatic heterocycles. The van der Waals surface area contributed by atoms with Crippen molar-refractivity contribution in [3.63, 3.8) is 0 Å². The van der Waals surface area contributed by atoms with Crippen LogP contribution in [0.25, 0.3) is 0 Å². The highest BCUT2D eigenvalue weighted by molar-refractivity contribution is 5.92. The molecule has 1 heterocycles. The molecule has 0 spiro atoms. The molecule has 1 rings (SSSR count). The van der Waals surface area contributed by atoms with Crippen LogP contribution in [0.5, 0.6) is 0 Å². The standard InChI is InChI=1S/C13H22N4O2/c1-5-15-12-7-14-6-10(16-12)13(18)17-11(8-19-4)9(2)3/h6-7,9,11H,5,8H2,1-4H3,(H,15,16)(H,17,18). The maximum Gasteiger partial charge on any atom is 0.271 e. The summed E-state index contributed by atoms with van der Waals surface area (Å²) in [6, 6.07) is -0.0397. The number of methoxy groups -OCH3 is 1. The number of hydrogen-bond donors (Lipinski definition) is 2. The van der Waals surface area contributed by atoms with Gasteiger partial charge in [-0.2, -0.15) is 0 Å². The van der Waals surface area contributed by atoms with E-state index in [0.29, 0.717) is 18.1 Å². The third kappa shape index (κ3) is 4.82.